The number of hydrogen-bond donors (Lipinski definition) is 2. The summed E-state index contributed by atoms with van der Waals surface area (Å²) in [5.41, 5.74) is 2.45. The van der Waals surface area contributed by atoms with Gasteiger partial charge in [0.25, 0.3) is 0 Å². The van der Waals surface area contributed by atoms with Crippen molar-refractivity contribution in [1.82, 2.24) is 20.4 Å². The topological polar surface area (TPSA) is 54.2 Å². The van der Waals surface area contributed by atoms with Crippen molar-refractivity contribution in [1.29, 1.82) is 0 Å². The van der Waals surface area contributed by atoms with Crippen molar-refractivity contribution >= 4 is 17.6 Å². The molecule has 2 N–H and O–H groups in total. The number of halogens is 1. The lowest BCUT2D eigenvalue weighted by Crippen LogP contribution is -2.38. The Balaban J connectivity index is 1.72. The molecular weight excluding hydrogens is 322 g/mol. The van der Waals surface area contributed by atoms with Crippen LogP contribution in [0.3, 0.4) is 0 Å². The maximum atomic E-state index is 5.90. The summed E-state index contributed by atoms with van der Waals surface area (Å²) in [6.45, 7) is 7.48. The van der Waals surface area contributed by atoms with E-state index in [9.17, 15) is 0 Å². The molecule has 0 amide bonds. The second-order valence-electron chi connectivity index (χ2n) is 5.70. The molecule has 0 fully saturated rings. The molecule has 0 saturated heterocycles. The number of aromatic nitrogens is 2. The number of aryl methyl sites for hydroxylation is 2. The Kier molecular flexibility index (Phi) is 7.62. The van der Waals surface area contributed by atoms with Crippen LogP contribution in [0.2, 0.25) is 5.02 Å². The first-order chi connectivity index (χ1) is 11.7. The van der Waals surface area contributed by atoms with Gasteiger partial charge in [0.05, 0.1) is 6.20 Å². The summed E-state index contributed by atoms with van der Waals surface area (Å²) in [5.74, 6) is 0.864. The van der Waals surface area contributed by atoms with Crippen LogP contribution < -0.4 is 10.6 Å². The van der Waals surface area contributed by atoms with Crippen LogP contribution in [0.25, 0.3) is 0 Å². The van der Waals surface area contributed by atoms with Gasteiger partial charge in [-0.3, -0.25) is 9.67 Å². The van der Waals surface area contributed by atoms with E-state index in [1.807, 2.05) is 23.0 Å². The predicted octanol–water partition coefficient (Wildman–Crippen LogP) is 3.03. The van der Waals surface area contributed by atoms with Crippen molar-refractivity contribution in [3.05, 3.63) is 52.8 Å². The molecule has 0 aliphatic carbocycles. The molecule has 1 aromatic carbocycles. The van der Waals surface area contributed by atoms with E-state index in [1.54, 1.807) is 0 Å². The molecule has 0 saturated carbocycles. The number of nitrogens with one attached hydrogen (secondary N) is 2. The molecule has 1 aromatic heterocycles. The molecule has 1 heterocycles. The third-order valence-corrected chi connectivity index (χ3v) is 3.79. The molecule has 0 atom stereocenters. The molecule has 24 heavy (non-hydrogen) atoms. The highest BCUT2D eigenvalue weighted by molar-refractivity contribution is 6.30. The van der Waals surface area contributed by atoms with Crippen LogP contribution in [-0.4, -0.2) is 35.4 Å². The second kappa shape index (κ2) is 9.98. The number of guanidine groups is 1. The highest BCUT2D eigenvalue weighted by Crippen LogP contribution is 2.09. The van der Waals surface area contributed by atoms with Crippen molar-refractivity contribution in [3.63, 3.8) is 0 Å². The van der Waals surface area contributed by atoms with Gasteiger partial charge in [0.2, 0.25) is 0 Å². The third kappa shape index (κ3) is 6.62. The van der Waals surface area contributed by atoms with Crippen LogP contribution in [0.1, 0.15) is 24.5 Å². The van der Waals surface area contributed by atoms with Crippen molar-refractivity contribution in [3.8, 4) is 0 Å². The average Bonchev–Trinajstić information content (AvgIpc) is 2.99. The minimum absolute atomic E-state index is 0.772. The van der Waals surface area contributed by atoms with E-state index in [4.69, 9.17) is 11.6 Å². The van der Waals surface area contributed by atoms with E-state index < -0.39 is 0 Å². The summed E-state index contributed by atoms with van der Waals surface area (Å²) in [7, 11) is 0. The van der Waals surface area contributed by atoms with Crippen molar-refractivity contribution in [2.45, 2.75) is 33.2 Å². The molecule has 0 unspecified atom stereocenters. The van der Waals surface area contributed by atoms with Gasteiger partial charge in [-0.25, -0.2) is 0 Å². The van der Waals surface area contributed by atoms with Crippen LogP contribution in [0.5, 0.6) is 0 Å². The molecule has 0 bridgehead atoms. The lowest BCUT2D eigenvalue weighted by Gasteiger charge is -2.11. The normalized spacial score (nSPS) is 11.5. The Morgan fingerprint density at radius 3 is 2.71 bits per heavy atom. The van der Waals surface area contributed by atoms with Crippen LogP contribution in [-0.2, 0) is 13.0 Å². The van der Waals surface area contributed by atoms with E-state index in [0.29, 0.717) is 0 Å². The maximum Gasteiger partial charge on any atom is 0.191 e. The number of aliphatic imine (C=N–C) groups is 1. The Labute approximate surface area is 149 Å². The predicted molar refractivity (Wildman–Crippen MR) is 101 cm³/mol. The lowest BCUT2D eigenvalue weighted by molar-refractivity contribution is 0.583. The van der Waals surface area contributed by atoms with Crippen molar-refractivity contribution in [2.24, 2.45) is 4.99 Å². The monoisotopic (exact) mass is 347 g/mol. The summed E-state index contributed by atoms with van der Waals surface area (Å²) >= 11 is 5.90. The van der Waals surface area contributed by atoms with Gasteiger partial charge < -0.3 is 10.6 Å². The van der Waals surface area contributed by atoms with E-state index in [1.165, 1.54) is 11.1 Å². The molecule has 0 aliphatic heterocycles. The molecule has 2 aromatic rings. The third-order valence-electron chi connectivity index (χ3n) is 3.54. The van der Waals surface area contributed by atoms with Crippen LogP contribution in [0, 0.1) is 6.92 Å². The Morgan fingerprint density at radius 2 is 2.04 bits per heavy atom. The summed E-state index contributed by atoms with van der Waals surface area (Å²) in [5, 5.41) is 11.7. The fourth-order valence-electron chi connectivity index (χ4n) is 2.33. The quantitative estimate of drug-likeness (QED) is 0.438. The van der Waals surface area contributed by atoms with E-state index >= 15 is 0 Å². The van der Waals surface area contributed by atoms with Crippen LogP contribution in [0.15, 0.2) is 41.7 Å². The maximum absolute atomic E-state index is 5.90. The van der Waals surface area contributed by atoms with Gasteiger partial charge >= 0.3 is 0 Å². The van der Waals surface area contributed by atoms with E-state index in [0.717, 1.165) is 50.0 Å². The highest BCUT2D eigenvalue weighted by atomic mass is 35.5. The Morgan fingerprint density at radius 1 is 1.25 bits per heavy atom. The summed E-state index contributed by atoms with van der Waals surface area (Å²) in [4.78, 5) is 4.61. The second-order valence-corrected chi connectivity index (χ2v) is 6.13. The molecule has 0 aliphatic rings. The first-order valence-electron chi connectivity index (χ1n) is 8.43. The van der Waals surface area contributed by atoms with E-state index in [-0.39, 0.29) is 0 Å². The van der Waals surface area contributed by atoms with Crippen molar-refractivity contribution in [2.75, 3.05) is 19.6 Å². The largest absolute Gasteiger partial charge is 0.357 e. The van der Waals surface area contributed by atoms with Gasteiger partial charge in [0, 0.05) is 37.4 Å². The number of benzene rings is 1. The molecular formula is C18H26ClN5. The van der Waals surface area contributed by atoms with Crippen LogP contribution in [0.4, 0.5) is 0 Å². The van der Waals surface area contributed by atoms with E-state index in [2.05, 4.69) is 52.9 Å². The van der Waals surface area contributed by atoms with Crippen molar-refractivity contribution < 1.29 is 0 Å². The zero-order valence-corrected chi connectivity index (χ0v) is 15.2. The highest BCUT2D eigenvalue weighted by Gasteiger charge is 1.99. The number of hydrogen-bond acceptors (Lipinski definition) is 2. The molecule has 0 spiro atoms. The Bertz CT molecular complexity index is 633. The standard InChI is InChI=1S/C18H26ClN5/c1-3-20-18(21-10-4-12-24-14-15(2)13-23-24)22-11-9-16-5-7-17(19)8-6-16/h5-8,13-14H,3-4,9-12H2,1-2H3,(H2,20,21,22). The zero-order chi connectivity index (χ0) is 17.2. The van der Waals surface area contributed by atoms with Gasteiger partial charge in [-0.2, -0.15) is 5.10 Å². The smallest absolute Gasteiger partial charge is 0.191 e. The average molecular weight is 348 g/mol. The zero-order valence-electron chi connectivity index (χ0n) is 14.4. The van der Waals surface area contributed by atoms with Gasteiger partial charge in [0.1, 0.15) is 0 Å². The number of rotatable bonds is 8. The van der Waals surface area contributed by atoms with Crippen LogP contribution >= 0.6 is 11.6 Å². The molecule has 5 nitrogen and oxygen atoms in total. The van der Waals surface area contributed by atoms with Gasteiger partial charge in [-0.15, -0.1) is 0 Å². The molecule has 6 heteroatoms. The lowest BCUT2D eigenvalue weighted by atomic mass is 10.1. The first-order valence-corrected chi connectivity index (χ1v) is 8.81. The fraction of sp³-hybridized carbons (Fsp3) is 0.444. The molecule has 2 rings (SSSR count). The number of nitrogens with zero attached hydrogens (tertiary/aromatic N) is 3. The minimum Gasteiger partial charge on any atom is -0.357 e. The summed E-state index contributed by atoms with van der Waals surface area (Å²) < 4.78 is 1.96. The minimum atomic E-state index is 0.772. The van der Waals surface area contributed by atoms with Gasteiger partial charge in [0.15, 0.2) is 5.96 Å². The summed E-state index contributed by atoms with van der Waals surface area (Å²) in [6.07, 6.45) is 5.84. The molecule has 130 valence electrons. The first kappa shape index (κ1) is 18.3. The van der Waals surface area contributed by atoms with Gasteiger partial charge in [-0.1, -0.05) is 23.7 Å². The SMILES string of the molecule is CCNC(=NCCCn1cc(C)cn1)NCCc1ccc(Cl)cc1. The summed E-state index contributed by atoms with van der Waals surface area (Å²) in [6, 6.07) is 7.96. The van der Waals surface area contributed by atoms with Gasteiger partial charge in [-0.05, 0) is 49.9 Å². The Hall–Kier alpha value is -2.01. The fourth-order valence-corrected chi connectivity index (χ4v) is 2.46. The molecule has 0 radical (unpaired) electrons.